The highest BCUT2D eigenvalue weighted by Gasteiger charge is 2.32. The monoisotopic (exact) mass is 688 g/mol. The van der Waals surface area contributed by atoms with E-state index in [4.69, 9.17) is 25.8 Å². The normalized spacial score (nSPS) is 15.9. The van der Waals surface area contributed by atoms with E-state index in [0.29, 0.717) is 23.7 Å². The molecule has 43 heavy (non-hydrogen) atoms. The molecule has 1 aliphatic heterocycles. The molecular weight excluding hydrogens is 661 g/mol. The summed E-state index contributed by atoms with van der Waals surface area (Å²) in [6.45, 7) is 0.677. The predicted molar refractivity (Wildman–Crippen MR) is 153 cm³/mol. The van der Waals surface area contributed by atoms with Gasteiger partial charge in [-0.25, -0.2) is 0 Å². The third-order valence-corrected chi connectivity index (χ3v) is 7.12. The number of carbonyl (C=O) groups excluding carboxylic acids is 2. The summed E-state index contributed by atoms with van der Waals surface area (Å²) in [7, 11) is 1.42. The Morgan fingerprint density at radius 2 is 1.91 bits per heavy atom. The van der Waals surface area contributed by atoms with Gasteiger partial charge in [0.15, 0.2) is 6.29 Å². The van der Waals surface area contributed by atoms with Gasteiger partial charge in [-0.2, -0.15) is 4.98 Å². The Hall–Kier alpha value is -3.33. The van der Waals surface area contributed by atoms with Gasteiger partial charge in [0.2, 0.25) is 11.8 Å². The van der Waals surface area contributed by atoms with E-state index < -0.39 is 42.7 Å². The summed E-state index contributed by atoms with van der Waals surface area (Å²) in [5.74, 6) is -1.50. The largest absolute Gasteiger partial charge is 0.573 e. The van der Waals surface area contributed by atoms with E-state index in [9.17, 15) is 22.8 Å². The number of imidazole rings is 1. The Kier molecular flexibility index (Phi) is 11.3. The number of amides is 2. The van der Waals surface area contributed by atoms with Crippen LogP contribution in [0.4, 0.5) is 13.2 Å². The molecule has 4 rings (SSSR count). The number of aromatic nitrogens is 2. The van der Waals surface area contributed by atoms with Crippen LogP contribution in [0.1, 0.15) is 43.0 Å². The number of nitrogens with zero attached hydrogens (tertiary/aromatic N) is 2. The highest BCUT2D eigenvalue weighted by Crippen LogP contribution is 2.34. The molecule has 15 heteroatoms. The van der Waals surface area contributed by atoms with Crippen molar-refractivity contribution in [1.29, 1.82) is 0 Å². The van der Waals surface area contributed by atoms with E-state index in [1.165, 1.54) is 19.2 Å². The van der Waals surface area contributed by atoms with E-state index >= 15 is 0 Å². The molecule has 3 aromatic rings. The average Bonchev–Trinajstić information content (AvgIpc) is 3.25. The first-order valence-electron chi connectivity index (χ1n) is 13.3. The Labute approximate surface area is 258 Å². The second-order valence-corrected chi connectivity index (χ2v) is 10.7. The van der Waals surface area contributed by atoms with Gasteiger partial charge in [-0.3, -0.25) is 14.2 Å². The number of ether oxygens (including phenoxy) is 4. The average molecular weight is 690 g/mol. The van der Waals surface area contributed by atoms with Crippen LogP contribution in [0.25, 0.3) is 0 Å². The van der Waals surface area contributed by atoms with Crippen molar-refractivity contribution in [1.82, 2.24) is 20.2 Å². The molecule has 0 aliphatic carbocycles. The van der Waals surface area contributed by atoms with Crippen LogP contribution in [0.2, 0.25) is 5.02 Å². The van der Waals surface area contributed by atoms with Crippen molar-refractivity contribution in [3.05, 3.63) is 69.4 Å². The Morgan fingerprint density at radius 1 is 1.16 bits per heavy atom. The summed E-state index contributed by atoms with van der Waals surface area (Å²) < 4.78 is 62.1. The van der Waals surface area contributed by atoms with Crippen molar-refractivity contribution in [3.8, 4) is 17.5 Å². The molecule has 1 saturated heterocycles. The minimum atomic E-state index is -4.88. The zero-order valence-electron chi connectivity index (χ0n) is 23.0. The lowest BCUT2D eigenvalue weighted by atomic mass is 10.1. The first kappa shape index (κ1) is 32.6. The number of rotatable bonds is 12. The van der Waals surface area contributed by atoms with Gasteiger partial charge in [0.1, 0.15) is 22.5 Å². The van der Waals surface area contributed by atoms with Crippen LogP contribution >= 0.6 is 27.5 Å². The van der Waals surface area contributed by atoms with Crippen molar-refractivity contribution in [3.63, 3.8) is 0 Å². The topological polar surface area (TPSA) is 113 Å². The molecule has 2 aromatic carbocycles. The summed E-state index contributed by atoms with van der Waals surface area (Å²) in [5, 5.41) is 5.77. The summed E-state index contributed by atoms with van der Waals surface area (Å²) in [5.41, 5.74) is 1.20. The summed E-state index contributed by atoms with van der Waals surface area (Å²) in [6.07, 6.45) is -3.28. The van der Waals surface area contributed by atoms with Crippen LogP contribution in [0, 0.1) is 0 Å². The summed E-state index contributed by atoms with van der Waals surface area (Å²) in [4.78, 5) is 29.2. The van der Waals surface area contributed by atoms with Crippen LogP contribution in [-0.2, 0) is 25.6 Å². The van der Waals surface area contributed by atoms with Crippen molar-refractivity contribution in [2.24, 2.45) is 0 Å². The molecule has 232 valence electrons. The van der Waals surface area contributed by atoms with Crippen molar-refractivity contribution < 1.29 is 41.7 Å². The molecule has 0 radical (unpaired) electrons. The fourth-order valence-electron chi connectivity index (χ4n) is 4.31. The maximum atomic E-state index is 12.9. The molecule has 10 nitrogen and oxygen atoms in total. The summed E-state index contributed by atoms with van der Waals surface area (Å²) >= 11 is 9.53. The standard InChI is InChI=1S/C28H29BrClF3N4O6/c1-34-22(38)14-23(39)35-21(16-41-24-7-2-3-12-40-24)25-26(29)36-27(37(25)15-17-8-10-18(30)11-9-17)42-19-5-4-6-20(13-19)43-28(31,32)33/h4-6,8-11,13,21,24H,2-3,7,12,14-16H2,1H3,(H,34,38)(H,35,39). The molecule has 2 atom stereocenters. The third kappa shape index (κ3) is 9.85. The minimum Gasteiger partial charge on any atom is -0.425 e. The lowest BCUT2D eigenvalue weighted by Crippen LogP contribution is -2.37. The number of halogens is 5. The molecule has 0 spiro atoms. The van der Waals surface area contributed by atoms with Gasteiger partial charge in [0.25, 0.3) is 0 Å². The van der Waals surface area contributed by atoms with Crippen molar-refractivity contribution >= 4 is 39.3 Å². The molecule has 2 unspecified atom stereocenters. The molecule has 1 fully saturated rings. The van der Waals surface area contributed by atoms with Gasteiger partial charge in [-0.15, -0.1) is 13.2 Å². The molecule has 0 bridgehead atoms. The molecular formula is C28H29BrClF3N4O6. The number of alkyl halides is 3. The second-order valence-electron chi connectivity index (χ2n) is 9.51. The maximum absolute atomic E-state index is 12.9. The highest BCUT2D eigenvalue weighted by molar-refractivity contribution is 9.10. The SMILES string of the molecule is CNC(=O)CC(=O)NC(COC1CCCCO1)c1c(Br)nc(Oc2cccc(OC(F)(F)F)c2)n1Cc1ccc(Cl)cc1. The molecule has 2 amide bonds. The quantitative estimate of drug-likeness (QED) is 0.229. The maximum Gasteiger partial charge on any atom is 0.573 e. The zero-order chi connectivity index (χ0) is 31.0. The first-order valence-corrected chi connectivity index (χ1v) is 14.4. The highest BCUT2D eigenvalue weighted by atomic mass is 79.9. The van der Waals surface area contributed by atoms with Crippen LogP contribution in [0.15, 0.2) is 53.1 Å². The van der Waals surface area contributed by atoms with Crippen LogP contribution < -0.4 is 20.1 Å². The zero-order valence-corrected chi connectivity index (χ0v) is 25.3. The smallest absolute Gasteiger partial charge is 0.425 e. The van der Waals surface area contributed by atoms with Gasteiger partial charge in [0, 0.05) is 24.7 Å². The third-order valence-electron chi connectivity index (χ3n) is 6.28. The summed E-state index contributed by atoms with van der Waals surface area (Å²) in [6, 6.07) is 11.2. The number of carbonyl (C=O) groups is 2. The van der Waals surface area contributed by atoms with Gasteiger partial charge in [-0.1, -0.05) is 29.8 Å². The lowest BCUT2D eigenvalue weighted by Gasteiger charge is -2.27. The molecule has 2 N–H and O–H groups in total. The number of benzene rings is 2. The Bertz CT molecular complexity index is 1400. The first-order chi connectivity index (χ1) is 20.5. The van der Waals surface area contributed by atoms with E-state index in [1.807, 2.05) is 0 Å². The van der Waals surface area contributed by atoms with Crippen molar-refractivity contribution in [2.75, 3.05) is 20.3 Å². The lowest BCUT2D eigenvalue weighted by molar-refractivity contribution is -0.274. The van der Waals surface area contributed by atoms with E-state index in [2.05, 4.69) is 36.3 Å². The van der Waals surface area contributed by atoms with Crippen LogP contribution in [0.3, 0.4) is 0 Å². The molecule has 2 heterocycles. The number of hydrogen-bond donors (Lipinski definition) is 2. The van der Waals surface area contributed by atoms with Crippen LogP contribution in [0.5, 0.6) is 17.5 Å². The fourth-order valence-corrected chi connectivity index (χ4v) is 5.07. The number of hydrogen-bond acceptors (Lipinski definition) is 7. The van der Waals surface area contributed by atoms with E-state index in [-0.39, 0.29) is 29.5 Å². The molecule has 1 aliphatic rings. The van der Waals surface area contributed by atoms with Gasteiger partial charge in [-0.05, 0) is 65.0 Å². The second kappa shape index (κ2) is 14.9. The number of nitrogens with one attached hydrogen (secondary N) is 2. The van der Waals surface area contributed by atoms with E-state index in [0.717, 1.165) is 30.5 Å². The van der Waals surface area contributed by atoms with Crippen LogP contribution in [-0.4, -0.2) is 54.3 Å². The Morgan fingerprint density at radius 3 is 2.58 bits per heavy atom. The minimum absolute atomic E-state index is 0.000417. The van der Waals surface area contributed by atoms with Gasteiger partial charge >= 0.3 is 12.4 Å². The van der Waals surface area contributed by atoms with Crippen molar-refractivity contribution in [2.45, 2.75) is 50.9 Å². The molecule has 1 aromatic heterocycles. The van der Waals surface area contributed by atoms with E-state index in [1.54, 1.807) is 28.8 Å². The Balaban J connectivity index is 1.71. The predicted octanol–water partition coefficient (Wildman–Crippen LogP) is 5.87. The van der Waals surface area contributed by atoms with Gasteiger partial charge < -0.3 is 29.6 Å². The van der Waals surface area contributed by atoms with Gasteiger partial charge in [0.05, 0.1) is 24.9 Å². The fraction of sp³-hybridized carbons (Fsp3) is 0.393. The molecule has 0 saturated carbocycles.